The number of amides is 2. The fourth-order valence-corrected chi connectivity index (χ4v) is 6.41. The second-order valence-electron chi connectivity index (χ2n) is 12.5. The van der Waals surface area contributed by atoms with Gasteiger partial charge in [0.2, 0.25) is 21.8 Å². The molecule has 0 spiro atoms. The molecule has 2 aliphatic rings. The fourth-order valence-electron chi connectivity index (χ4n) is 5.59. The largest absolute Gasteiger partial charge is 0.392 e. The van der Waals surface area contributed by atoms with Crippen molar-refractivity contribution in [3.63, 3.8) is 0 Å². The van der Waals surface area contributed by atoms with Crippen LogP contribution in [0.5, 0.6) is 0 Å². The average molecular weight is 567 g/mol. The molecular weight excluding hydrogens is 520 g/mol. The van der Waals surface area contributed by atoms with Crippen LogP contribution in [0, 0.1) is 11.8 Å². The van der Waals surface area contributed by atoms with E-state index in [9.17, 15) is 28.2 Å². The van der Waals surface area contributed by atoms with Crippen molar-refractivity contribution in [3.05, 3.63) is 35.4 Å². The van der Waals surface area contributed by atoms with Gasteiger partial charge in [0.15, 0.2) is 0 Å². The lowest BCUT2D eigenvalue weighted by molar-refractivity contribution is -0.131. The number of nitrogens with one attached hydrogen (secondary N) is 2. The van der Waals surface area contributed by atoms with Crippen molar-refractivity contribution in [1.29, 1.82) is 0 Å². The highest BCUT2D eigenvalue weighted by Gasteiger charge is 2.39. The number of aliphatic hydroxyl groups is 2. The van der Waals surface area contributed by atoms with Gasteiger partial charge in [-0.15, -0.1) is 0 Å². The molecule has 0 aromatic heterocycles. The van der Waals surface area contributed by atoms with E-state index < -0.39 is 45.8 Å². The van der Waals surface area contributed by atoms with Crippen LogP contribution in [0.4, 0.5) is 0 Å². The van der Waals surface area contributed by atoms with E-state index in [1.54, 1.807) is 0 Å². The van der Waals surface area contributed by atoms with Crippen LogP contribution in [-0.2, 0) is 26.0 Å². The minimum absolute atomic E-state index is 0.00233. The number of nitrogens with zero attached hydrogens (tertiary/aromatic N) is 2. The second kappa shape index (κ2) is 12.6. The maximum Gasteiger partial charge on any atom is 0.239 e. The van der Waals surface area contributed by atoms with E-state index in [2.05, 4.69) is 10.6 Å². The molecule has 1 aromatic rings. The van der Waals surface area contributed by atoms with E-state index in [1.807, 2.05) is 63.8 Å². The van der Waals surface area contributed by atoms with Crippen LogP contribution in [0.15, 0.2) is 24.3 Å². The summed E-state index contributed by atoms with van der Waals surface area (Å²) >= 11 is 0. The number of carbonyl (C=O) groups excluding carboxylic acids is 2. The molecule has 1 fully saturated rings. The predicted octanol–water partition coefficient (Wildman–Crippen LogP) is 1.03. The zero-order chi connectivity index (χ0) is 29.1. The first-order valence-electron chi connectivity index (χ1n) is 13.8. The highest BCUT2D eigenvalue weighted by atomic mass is 32.2. The molecule has 0 unspecified atom stereocenters. The summed E-state index contributed by atoms with van der Waals surface area (Å²) in [6.07, 6.45) is 0.748. The van der Waals surface area contributed by atoms with Crippen molar-refractivity contribution in [2.45, 2.75) is 83.7 Å². The Morgan fingerprint density at radius 2 is 1.79 bits per heavy atom. The zero-order valence-corrected chi connectivity index (χ0v) is 24.9. The number of benzene rings is 1. The zero-order valence-electron chi connectivity index (χ0n) is 24.1. The molecular formula is C28H46N4O6S. The number of aliphatic hydroxyl groups excluding tert-OH is 2. The van der Waals surface area contributed by atoms with Gasteiger partial charge in [-0.1, -0.05) is 38.1 Å². The molecule has 39 heavy (non-hydrogen) atoms. The van der Waals surface area contributed by atoms with E-state index in [4.69, 9.17) is 0 Å². The van der Waals surface area contributed by atoms with Gasteiger partial charge in [-0.05, 0) is 50.7 Å². The lowest BCUT2D eigenvalue weighted by Crippen LogP contribution is -2.62. The van der Waals surface area contributed by atoms with Gasteiger partial charge in [0, 0.05) is 44.1 Å². The van der Waals surface area contributed by atoms with E-state index >= 15 is 0 Å². The molecule has 11 heteroatoms. The first kappa shape index (κ1) is 31.5. The van der Waals surface area contributed by atoms with Crippen LogP contribution in [-0.4, -0.2) is 95.9 Å². The number of carbonyl (C=O) groups is 2. The van der Waals surface area contributed by atoms with Crippen LogP contribution in [0.2, 0.25) is 0 Å². The number of β-amino-alcohol motifs (C(OH)–C–C–N with tert-alkyl or cyclic N) is 1. The number of sulfonamides is 1. The third kappa shape index (κ3) is 8.72. The summed E-state index contributed by atoms with van der Waals surface area (Å²) in [6.45, 7) is 10.3. The summed E-state index contributed by atoms with van der Waals surface area (Å²) in [5.41, 5.74) is 1.43. The fraction of sp³-hybridized carbons (Fsp3) is 0.714. The first-order valence-corrected chi connectivity index (χ1v) is 15.7. The first-order chi connectivity index (χ1) is 18.0. The molecule has 1 heterocycles. The second-order valence-corrected chi connectivity index (χ2v) is 14.5. The highest BCUT2D eigenvalue weighted by molar-refractivity contribution is 7.88. The lowest BCUT2D eigenvalue weighted by atomic mass is 9.90. The Hall–Kier alpha value is -2.05. The molecule has 3 rings (SSSR count). The van der Waals surface area contributed by atoms with Crippen LogP contribution in [0.3, 0.4) is 0 Å². The Morgan fingerprint density at radius 1 is 1.13 bits per heavy atom. The topological polar surface area (TPSA) is 139 Å². The van der Waals surface area contributed by atoms with E-state index in [0.29, 0.717) is 19.4 Å². The summed E-state index contributed by atoms with van der Waals surface area (Å²) in [7, 11) is -3.48. The van der Waals surface area contributed by atoms with Crippen molar-refractivity contribution >= 4 is 21.8 Å². The standard InChI is InChI=1S/C28H46N4O6S/c1-18(2)13-20(26(35)29-25-22-10-8-7-9-19(22)15-24(25)34)14-21(33)16-31-11-12-32(39(6,37)38)17-23(31)27(36)30-28(3,4)5/h7-10,18,20-21,23-25,33-34H,11-17H2,1-6H3,(H,29,35)(H,30,36)/t20-,21+,23+,24-,25+/m1/s1. The summed E-state index contributed by atoms with van der Waals surface area (Å²) in [5.74, 6) is -0.794. The summed E-state index contributed by atoms with van der Waals surface area (Å²) in [5, 5.41) is 27.7. The Bertz CT molecular complexity index is 1120. The maximum absolute atomic E-state index is 13.4. The van der Waals surface area contributed by atoms with Gasteiger partial charge in [-0.25, -0.2) is 8.42 Å². The van der Waals surface area contributed by atoms with Gasteiger partial charge in [0.05, 0.1) is 24.5 Å². The number of hydrogen-bond donors (Lipinski definition) is 4. The van der Waals surface area contributed by atoms with Crippen molar-refractivity contribution in [3.8, 4) is 0 Å². The molecule has 0 radical (unpaired) electrons. The van der Waals surface area contributed by atoms with Gasteiger partial charge in [0.25, 0.3) is 0 Å². The normalized spacial score (nSPS) is 24.3. The van der Waals surface area contributed by atoms with Crippen molar-refractivity contribution in [2.24, 2.45) is 11.8 Å². The number of piperazine rings is 1. The number of rotatable bonds is 10. The average Bonchev–Trinajstić information content (AvgIpc) is 3.11. The summed E-state index contributed by atoms with van der Waals surface area (Å²) in [6, 6.07) is 6.43. The van der Waals surface area contributed by atoms with Crippen LogP contribution < -0.4 is 10.6 Å². The third-order valence-corrected chi connectivity index (χ3v) is 8.62. The van der Waals surface area contributed by atoms with Crippen LogP contribution in [0.25, 0.3) is 0 Å². The van der Waals surface area contributed by atoms with Gasteiger partial charge in [-0.3, -0.25) is 14.5 Å². The Kier molecular flexibility index (Phi) is 10.2. The molecule has 0 saturated carbocycles. The van der Waals surface area contributed by atoms with E-state index in [1.165, 1.54) is 4.31 Å². The van der Waals surface area contributed by atoms with Crippen LogP contribution >= 0.6 is 0 Å². The van der Waals surface area contributed by atoms with Crippen molar-refractivity contribution in [1.82, 2.24) is 19.8 Å². The van der Waals surface area contributed by atoms with Gasteiger partial charge < -0.3 is 20.8 Å². The van der Waals surface area contributed by atoms with E-state index in [0.717, 1.165) is 17.4 Å². The van der Waals surface area contributed by atoms with Gasteiger partial charge in [-0.2, -0.15) is 4.31 Å². The molecule has 1 aliphatic carbocycles. The number of fused-ring (bicyclic) bond motifs is 1. The predicted molar refractivity (Wildman–Crippen MR) is 150 cm³/mol. The Morgan fingerprint density at radius 3 is 2.41 bits per heavy atom. The number of hydrogen-bond acceptors (Lipinski definition) is 7. The van der Waals surface area contributed by atoms with Gasteiger partial charge in [0.1, 0.15) is 6.04 Å². The molecule has 10 nitrogen and oxygen atoms in total. The van der Waals surface area contributed by atoms with Gasteiger partial charge >= 0.3 is 0 Å². The Labute approximate surface area is 233 Å². The smallest absolute Gasteiger partial charge is 0.239 e. The molecule has 220 valence electrons. The highest BCUT2D eigenvalue weighted by Crippen LogP contribution is 2.32. The minimum atomic E-state index is -3.48. The monoisotopic (exact) mass is 566 g/mol. The molecule has 4 N–H and O–H groups in total. The molecule has 1 aromatic carbocycles. The quantitative estimate of drug-likeness (QED) is 0.332. The lowest BCUT2D eigenvalue weighted by Gasteiger charge is -2.41. The van der Waals surface area contributed by atoms with Crippen LogP contribution in [0.1, 0.15) is 64.6 Å². The molecule has 5 atom stereocenters. The maximum atomic E-state index is 13.4. The van der Waals surface area contributed by atoms with Crippen molar-refractivity contribution in [2.75, 3.05) is 32.4 Å². The molecule has 1 aliphatic heterocycles. The van der Waals surface area contributed by atoms with Crippen molar-refractivity contribution < 1.29 is 28.2 Å². The summed E-state index contributed by atoms with van der Waals surface area (Å²) in [4.78, 5) is 28.4. The minimum Gasteiger partial charge on any atom is -0.392 e. The molecule has 2 amide bonds. The van der Waals surface area contributed by atoms with E-state index in [-0.39, 0.29) is 43.8 Å². The molecule has 1 saturated heterocycles. The molecule has 0 bridgehead atoms. The third-order valence-electron chi connectivity index (χ3n) is 7.35. The SMILES string of the molecule is CC(C)C[C@H](C[C@H](O)CN1CCN(S(C)(=O)=O)C[C@H]1C(=O)NC(C)(C)C)C(=O)N[C@H]1c2ccccc2C[C@H]1O. The Balaban J connectivity index is 1.71. The summed E-state index contributed by atoms with van der Waals surface area (Å²) < 4.78 is 25.7.